The second kappa shape index (κ2) is 4.08. The Morgan fingerprint density at radius 1 is 1.35 bits per heavy atom. The van der Waals surface area contributed by atoms with E-state index in [0.29, 0.717) is 11.3 Å². The molecule has 0 aromatic carbocycles. The van der Waals surface area contributed by atoms with Gasteiger partial charge in [0.25, 0.3) is 0 Å². The molecule has 5 nitrogen and oxygen atoms in total. The van der Waals surface area contributed by atoms with Crippen LogP contribution in [0.4, 0.5) is 0 Å². The highest BCUT2D eigenvalue weighted by atomic mass is 16.1. The van der Waals surface area contributed by atoms with Crippen LogP contribution in [0.5, 0.6) is 0 Å². The van der Waals surface area contributed by atoms with Gasteiger partial charge in [-0.3, -0.25) is 9.48 Å². The molecule has 0 aliphatic heterocycles. The molecule has 1 saturated carbocycles. The predicted octanol–water partition coefficient (Wildman–Crippen LogP) is 1.31. The number of aromatic nitrogens is 4. The lowest BCUT2D eigenvalue weighted by Crippen LogP contribution is -2.06. The molecule has 0 unspecified atom stereocenters. The molecule has 0 N–H and O–H groups in total. The Kier molecular flexibility index (Phi) is 2.44. The van der Waals surface area contributed by atoms with Crippen molar-refractivity contribution >= 4 is 5.78 Å². The molecule has 1 fully saturated rings. The van der Waals surface area contributed by atoms with Gasteiger partial charge in [0, 0.05) is 25.1 Å². The normalized spacial score (nSPS) is 14.8. The summed E-state index contributed by atoms with van der Waals surface area (Å²) in [5.41, 5.74) is 0.935. The average Bonchev–Trinajstić information content (AvgIpc) is 3.06. The zero-order valence-corrected chi connectivity index (χ0v) is 9.28. The zero-order chi connectivity index (χ0) is 11.7. The number of nitrogens with zero attached hydrogens (tertiary/aromatic N) is 4. The van der Waals surface area contributed by atoms with E-state index in [0.717, 1.165) is 12.5 Å². The lowest BCUT2D eigenvalue weighted by Gasteiger charge is -1.98. The molecule has 0 spiro atoms. The lowest BCUT2D eigenvalue weighted by atomic mass is 10.2. The molecule has 2 aromatic rings. The van der Waals surface area contributed by atoms with Gasteiger partial charge in [0.15, 0.2) is 0 Å². The van der Waals surface area contributed by atoms with Gasteiger partial charge in [0.05, 0.1) is 5.56 Å². The molecule has 1 aliphatic rings. The van der Waals surface area contributed by atoms with E-state index >= 15 is 0 Å². The minimum atomic E-state index is -0.125. The monoisotopic (exact) mass is 228 g/mol. The van der Waals surface area contributed by atoms with E-state index in [1.165, 1.54) is 31.6 Å². The van der Waals surface area contributed by atoms with Crippen LogP contribution in [0.3, 0.4) is 0 Å². The highest BCUT2D eigenvalue weighted by Gasteiger charge is 2.22. The fourth-order valence-corrected chi connectivity index (χ4v) is 1.71. The van der Waals surface area contributed by atoms with E-state index in [9.17, 15) is 4.79 Å². The Hall–Kier alpha value is -2.04. The van der Waals surface area contributed by atoms with Crippen molar-refractivity contribution in [3.63, 3.8) is 0 Å². The van der Waals surface area contributed by atoms with Crippen LogP contribution >= 0.6 is 0 Å². The van der Waals surface area contributed by atoms with E-state index in [-0.39, 0.29) is 5.78 Å². The Bertz CT molecular complexity index is 530. The van der Waals surface area contributed by atoms with Gasteiger partial charge in [0.1, 0.15) is 12.0 Å². The number of rotatable bonds is 4. The number of carbonyl (C=O) groups excluding carboxylic acids is 1. The van der Waals surface area contributed by atoms with Gasteiger partial charge in [-0.05, 0) is 24.8 Å². The molecule has 0 bridgehead atoms. The minimum Gasteiger partial charge on any atom is -0.287 e. The molecular weight excluding hydrogens is 216 g/mol. The van der Waals surface area contributed by atoms with Gasteiger partial charge in [-0.15, -0.1) is 0 Å². The van der Waals surface area contributed by atoms with Gasteiger partial charge in [-0.25, -0.2) is 9.97 Å². The molecule has 3 rings (SSSR count). The van der Waals surface area contributed by atoms with Gasteiger partial charge < -0.3 is 0 Å². The molecule has 2 heterocycles. The minimum absolute atomic E-state index is 0.125. The standard InChI is InChI=1S/C12H12N4O/c17-12(10-5-13-8-14-6-10)11-3-4-16(15-11)7-9-1-2-9/h3-6,8-9H,1-2,7H2. The van der Waals surface area contributed by atoms with Crippen LogP contribution in [0.1, 0.15) is 28.9 Å². The summed E-state index contributed by atoms with van der Waals surface area (Å²) >= 11 is 0. The second-order valence-corrected chi connectivity index (χ2v) is 4.32. The van der Waals surface area contributed by atoms with Crippen molar-refractivity contribution in [3.8, 4) is 0 Å². The second-order valence-electron chi connectivity index (χ2n) is 4.32. The van der Waals surface area contributed by atoms with Gasteiger partial charge in [-0.2, -0.15) is 5.10 Å². The maximum Gasteiger partial charge on any atom is 0.216 e. The molecule has 86 valence electrons. The summed E-state index contributed by atoms with van der Waals surface area (Å²) in [6.45, 7) is 0.915. The smallest absolute Gasteiger partial charge is 0.216 e. The lowest BCUT2D eigenvalue weighted by molar-refractivity contribution is 0.103. The third-order valence-electron chi connectivity index (χ3n) is 2.84. The molecule has 5 heteroatoms. The van der Waals surface area contributed by atoms with Crippen molar-refractivity contribution in [3.05, 3.63) is 42.2 Å². The summed E-state index contributed by atoms with van der Waals surface area (Å²) in [5.74, 6) is 0.623. The van der Waals surface area contributed by atoms with Crippen molar-refractivity contribution in [1.29, 1.82) is 0 Å². The molecule has 1 aliphatic carbocycles. The molecule has 17 heavy (non-hydrogen) atoms. The molecule has 0 amide bonds. The highest BCUT2D eigenvalue weighted by Crippen LogP contribution is 2.30. The van der Waals surface area contributed by atoms with Crippen LogP contribution in [0.15, 0.2) is 31.0 Å². The number of hydrogen-bond acceptors (Lipinski definition) is 4. The Balaban J connectivity index is 1.79. The average molecular weight is 228 g/mol. The summed E-state index contributed by atoms with van der Waals surface area (Å²) in [5, 5.41) is 4.28. The molecule has 2 aromatic heterocycles. The summed E-state index contributed by atoms with van der Waals surface area (Å²) < 4.78 is 1.84. The first-order valence-corrected chi connectivity index (χ1v) is 5.66. The quantitative estimate of drug-likeness (QED) is 0.740. The van der Waals surface area contributed by atoms with Crippen LogP contribution in [0, 0.1) is 5.92 Å². The van der Waals surface area contributed by atoms with E-state index in [4.69, 9.17) is 0 Å². The molecule has 0 radical (unpaired) electrons. The number of carbonyl (C=O) groups is 1. The summed E-state index contributed by atoms with van der Waals surface area (Å²) in [7, 11) is 0. The third-order valence-corrected chi connectivity index (χ3v) is 2.84. The fourth-order valence-electron chi connectivity index (χ4n) is 1.71. The highest BCUT2D eigenvalue weighted by molar-refractivity contribution is 6.07. The molecule has 0 saturated heterocycles. The fraction of sp³-hybridized carbons (Fsp3) is 0.333. The zero-order valence-electron chi connectivity index (χ0n) is 9.28. The Labute approximate surface area is 98.5 Å². The SMILES string of the molecule is O=C(c1cncnc1)c1ccn(CC2CC2)n1. The summed E-state index contributed by atoms with van der Waals surface area (Å²) in [6, 6.07) is 1.75. The Morgan fingerprint density at radius 3 is 2.82 bits per heavy atom. The van der Waals surface area contributed by atoms with Gasteiger partial charge in [0.2, 0.25) is 5.78 Å². The maximum absolute atomic E-state index is 12.0. The van der Waals surface area contributed by atoms with Crippen molar-refractivity contribution in [2.24, 2.45) is 5.92 Å². The van der Waals surface area contributed by atoms with Crippen LogP contribution in [0.25, 0.3) is 0 Å². The summed E-state index contributed by atoms with van der Waals surface area (Å²) in [6.07, 6.45) is 8.83. The van der Waals surface area contributed by atoms with Crippen molar-refractivity contribution in [2.45, 2.75) is 19.4 Å². The predicted molar refractivity (Wildman–Crippen MR) is 60.4 cm³/mol. The van der Waals surface area contributed by atoms with Crippen LogP contribution in [-0.4, -0.2) is 25.5 Å². The number of ketones is 1. The van der Waals surface area contributed by atoms with Crippen LogP contribution in [-0.2, 0) is 6.54 Å². The van der Waals surface area contributed by atoms with E-state index < -0.39 is 0 Å². The van der Waals surface area contributed by atoms with E-state index in [2.05, 4.69) is 15.1 Å². The molecular formula is C12H12N4O. The van der Waals surface area contributed by atoms with Crippen LogP contribution < -0.4 is 0 Å². The maximum atomic E-state index is 12.0. The van der Waals surface area contributed by atoms with Gasteiger partial charge >= 0.3 is 0 Å². The van der Waals surface area contributed by atoms with Gasteiger partial charge in [-0.1, -0.05) is 0 Å². The first-order chi connectivity index (χ1) is 8.33. The van der Waals surface area contributed by atoms with Crippen molar-refractivity contribution in [2.75, 3.05) is 0 Å². The van der Waals surface area contributed by atoms with Crippen LogP contribution in [0.2, 0.25) is 0 Å². The van der Waals surface area contributed by atoms with E-state index in [1.54, 1.807) is 6.07 Å². The number of hydrogen-bond donors (Lipinski definition) is 0. The largest absolute Gasteiger partial charge is 0.287 e. The van der Waals surface area contributed by atoms with E-state index in [1.807, 2.05) is 10.9 Å². The topological polar surface area (TPSA) is 60.7 Å². The first kappa shape index (κ1) is 10.1. The third kappa shape index (κ3) is 2.22. The van der Waals surface area contributed by atoms with Crippen molar-refractivity contribution in [1.82, 2.24) is 19.7 Å². The van der Waals surface area contributed by atoms with Crippen molar-refractivity contribution < 1.29 is 4.79 Å². The Morgan fingerprint density at radius 2 is 2.12 bits per heavy atom. The summed E-state index contributed by atoms with van der Waals surface area (Å²) in [4.78, 5) is 19.7. The first-order valence-electron chi connectivity index (χ1n) is 5.66. The molecule has 0 atom stereocenters.